The molecule has 25 heavy (non-hydrogen) atoms. The van der Waals surface area contributed by atoms with E-state index in [2.05, 4.69) is 10.3 Å². The van der Waals surface area contributed by atoms with E-state index in [1.165, 1.54) is 0 Å². The van der Waals surface area contributed by atoms with Crippen molar-refractivity contribution >= 4 is 35.1 Å². The van der Waals surface area contributed by atoms with E-state index >= 15 is 0 Å². The monoisotopic (exact) mass is 375 g/mol. The maximum absolute atomic E-state index is 12.5. The molecule has 0 unspecified atom stereocenters. The van der Waals surface area contributed by atoms with Crippen LogP contribution in [-0.4, -0.2) is 27.5 Å². The molecule has 1 aliphatic rings. The first-order valence-corrected chi connectivity index (χ1v) is 10.4. The highest BCUT2D eigenvalue weighted by Gasteiger charge is 2.28. The molecular weight excluding hydrogens is 354 g/mol. The van der Waals surface area contributed by atoms with Crippen LogP contribution in [-0.2, 0) is 4.79 Å². The van der Waals surface area contributed by atoms with Crippen molar-refractivity contribution in [1.29, 1.82) is 0 Å². The SMILES string of the molecule is CSc1ccccc1NC(=O)C[C@H]1CSc2nc(C(C)C)cc(=O)n21. The number of aromatic nitrogens is 2. The molecule has 1 atom stereocenters. The van der Waals surface area contributed by atoms with Gasteiger partial charge >= 0.3 is 0 Å². The fourth-order valence-electron chi connectivity index (χ4n) is 2.78. The zero-order valence-electron chi connectivity index (χ0n) is 14.5. The van der Waals surface area contributed by atoms with Crippen molar-refractivity contribution in [3.8, 4) is 0 Å². The molecular formula is C18H21N3O2S2. The quantitative estimate of drug-likeness (QED) is 0.637. The molecule has 132 valence electrons. The van der Waals surface area contributed by atoms with Crippen LogP contribution < -0.4 is 10.9 Å². The Bertz CT molecular complexity index is 848. The van der Waals surface area contributed by atoms with Crippen molar-refractivity contribution < 1.29 is 4.79 Å². The first-order valence-electron chi connectivity index (χ1n) is 8.18. The Hall–Kier alpha value is -1.73. The van der Waals surface area contributed by atoms with Gasteiger partial charge < -0.3 is 5.32 Å². The van der Waals surface area contributed by atoms with Crippen LogP contribution in [0.2, 0.25) is 0 Å². The number of thioether (sulfide) groups is 2. The second kappa shape index (κ2) is 7.66. The molecule has 0 spiro atoms. The minimum atomic E-state index is -0.150. The van der Waals surface area contributed by atoms with E-state index in [1.54, 1.807) is 34.2 Å². The predicted octanol–water partition coefficient (Wildman–Crippen LogP) is 3.76. The Morgan fingerprint density at radius 1 is 1.44 bits per heavy atom. The molecule has 0 fully saturated rings. The molecule has 1 amide bonds. The van der Waals surface area contributed by atoms with Crippen LogP contribution in [0.3, 0.4) is 0 Å². The maximum atomic E-state index is 12.5. The zero-order chi connectivity index (χ0) is 18.0. The molecule has 0 bridgehead atoms. The molecule has 1 aromatic carbocycles. The molecule has 2 heterocycles. The van der Waals surface area contributed by atoms with E-state index in [0.717, 1.165) is 21.4 Å². The van der Waals surface area contributed by atoms with E-state index in [0.29, 0.717) is 5.75 Å². The van der Waals surface area contributed by atoms with Crippen LogP contribution in [0.5, 0.6) is 0 Å². The van der Waals surface area contributed by atoms with Crippen molar-refractivity contribution in [2.75, 3.05) is 17.3 Å². The van der Waals surface area contributed by atoms with Gasteiger partial charge in [0.2, 0.25) is 5.91 Å². The summed E-state index contributed by atoms with van der Waals surface area (Å²) in [5.41, 5.74) is 1.55. The molecule has 0 radical (unpaired) electrons. The van der Waals surface area contributed by atoms with Gasteiger partial charge in [-0.25, -0.2) is 4.98 Å². The maximum Gasteiger partial charge on any atom is 0.254 e. The van der Waals surface area contributed by atoms with E-state index in [1.807, 2.05) is 44.4 Å². The number of anilines is 1. The average molecular weight is 376 g/mol. The largest absolute Gasteiger partial charge is 0.325 e. The number of fused-ring (bicyclic) bond motifs is 1. The number of nitrogens with zero attached hydrogens (tertiary/aromatic N) is 2. The molecule has 1 aliphatic heterocycles. The van der Waals surface area contributed by atoms with Gasteiger partial charge in [-0.15, -0.1) is 11.8 Å². The molecule has 0 aliphatic carbocycles. The summed E-state index contributed by atoms with van der Waals surface area (Å²) in [5, 5.41) is 3.68. The third-order valence-electron chi connectivity index (χ3n) is 4.10. The van der Waals surface area contributed by atoms with Crippen LogP contribution in [0.4, 0.5) is 5.69 Å². The molecule has 3 rings (SSSR count). The number of benzene rings is 1. The number of carbonyl (C=O) groups excluding carboxylic acids is 1. The molecule has 1 N–H and O–H groups in total. The summed E-state index contributed by atoms with van der Waals surface area (Å²) in [5.74, 6) is 0.825. The highest BCUT2D eigenvalue weighted by Crippen LogP contribution is 2.33. The molecule has 0 saturated heterocycles. The lowest BCUT2D eigenvalue weighted by Crippen LogP contribution is -2.28. The van der Waals surface area contributed by atoms with Gasteiger partial charge in [0.25, 0.3) is 5.56 Å². The number of para-hydroxylation sites is 1. The third-order valence-corrected chi connectivity index (χ3v) is 6.00. The Morgan fingerprint density at radius 3 is 2.92 bits per heavy atom. The Morgan fingerprint density at radius 2 is 2.20 bits per heavy atom. The van der Waals surface area contributed by atoms with Crippen molar-refractivity contribution in [1.82, 2.24) is 9.55 Å². The van der Waals surface area contributed by atoms with Gasteiger partial charge in [0.1, 0.15) is 0 Å². The van der Waals surface area contributed by atoms with Gasteiger partial charge in [0, 0.05) is 23.1 Å². The lowest BCUT2D eigenvalue weighted by atomic mass is 10.1. The zero-order valence-corrected chi connectivity index (χ0v) is 16.1. The van der Waals surface area contributed by atoms with Crippen molar-refractivity contribution in [3.05, 3.63) is 46.4 Å². The second-order valence-electron chi connectivity index (χ2n) is 6.24. The first kappa shape index (κ1) is 18.1. The van der Waals surface area contributed by atoms with Gasteiger partial charge in [0.05, 0.1) is 17.4 Å². The fourth-order valence-corrected chi connectivity index (χ4v) is 4.49. The summed E-state index contributed by atoms with van der Waals surface area (Å²) >= 11 is 3.14. The topological polar surface area (TPSA) is 64.0 Å². The first-order chi connectivity index (χ1) is 12.0. The second-order valence-corrected chi connectivity index (χ2v) is 8.08. The van der Waals surface area contributed by atoms with Crippen molar-refractivity contribution in [2.24, 2.45) is 0 Å². The Balaban J connectivity index is 1.76. The summed E-state index contributed by atoms with van der Waals surface area (Å²) in [6.07, 6.45) is 2.25. The third kappa shape index (κ3) is 3.93. The van der Waals surface area contributed by atoms with Crippen LogP contribution in [0, 0.1) is 0 Å². The molecule has 0 saturated carbocycles. The van der Waals surface area contributed by atoms with Gasteiger partial charge in [0.15, 0.2) is 5.16 Å². The lowest BCUT2D eigenvalue weighted by Gasteiger charge is -2.15. The number of carbonyl (C=O) groups is 1. The molecule has 2 aromatic rings. The molecule has 1 aromatic heterocycles. The molecule has 5 nitrogen and oxygen atoms in total. The number of nitrogens with one attached hydrogen (secondary N) is 1. The van der Waals surface area contributed by atoms with Crippen molar-refractivity contribution in [3.63, 3.8) is 0 Å². The minimum Gasteiger partial charge on any atom is -0.325 e. The normalized spacial score (nSPS) is 16.1. The van der Waals surface area contributed by atoms with Crippen molar-refractivity contribution in [2.45, 2.75) is 42.3 Å². The fraction of sp³-hybridized carbons (Fsp3) is 0.389. The standard InChI is InChI=1S/C18H21N3O2S2/c1-11(2)14-9-17(23)21-12(10-25-18(21)20-14)8-16(22)19-13-6-4-5-7-15(13)24-3/h4-7,9,11-12H,8,10H2,1-3H3,(H,19,22)/t12-/m0/s1. The smallest absolute Gasteiger partial charge is 0.254 e. The number of hydrogen-bond donors (Lipinski definition) is 1. The summed E-state index contributed by atoms with van der Waals surface area (Å²) < 4.78 is 1.66. The highest BCUT2D eigenvalue weighted by molar-refractivity contribution is 7.99. The minimum absolute atomic E-state index is 0.0685. The van der Waals surface area contributed by atoms with Crippen LogP contribution in [0.1, 0.15) is 37.9 Å². The van der Waals surface area contributed by atoms with Gasteiger partial charge in [-0.05, 0) is 24.3 Å². The van der Waals surface area contributed by atoms with E-state index in [9.17, 15) is 9.59 Å². The summed E-state index contributed by atoms with van der Waals surface area (Å²) in [6.45, 7) is 4.04. The van der Waals surface area contributed by atoms with E-state index in [-0.39, 0.29) is 29.8 Å². The predicted molar refractivity (Wildman–Crippen MR) is 104 cm³/mol. The average Bonchev–Trinajstić information content (AvgIpc) is 2.98. The van der Waals surface area contributed by atoms with Crippen LogP contribution in [0.25, 0.3) is 0 Å². The summed E-state index contributed by atoms with van der Waals surface area (Å²) in [4.78, 5) is 30.5. The van der Waals surface area contributed by atoms with Gasteiger partial charge in [-0.1, -0.05) is 37.7 Å². The summed E-state index contributed by atoms with van der Waals surface area (Å²) in [7, 11) is 0. The molecule has 7 heteroatoms. The number of hydrogen-bond acceptors (Lipinski definition) is 5. The van der Waals surface area contributed by atoms with E-state index in [4.69, 9.17) is 0 Å². The number of rotatable bonds is 5. The lowest BCUT2D eigenvalue weighted by molar-refractivity contribution is -0.116. The number of amides is 1. The van der Waals surface area contributed by atoms with Crippen LogP contribution in [0.15, 0.2) is 45.2 Å². The van der Waals surface area contributed by atoms with E-state index < -0.39 is 0 Å². The Kier molecular flexibility index (Phi) is 5.54. The summed E-state index contributed by atoms with van der Waals surface area (Å²) in [6, 6.07) is 9.16. The highest BCUT2D eigenvalue weighted by atomic mass is 32.2. The van der Waals surface area contributed by atoms with Crippen LogP contribution >= 0.6 is 23.5 Å². The Labute approximate surface area is 155 Å². The van der Waals surface area contributed by atoms with Gasteiger partial charge in [-0.3, -0.25) is 14.2 Å². The van der Waals surface area contributed by atoms with Gasteiger partial charge in [-0.2, -0.15) is 0 Å².